The van der Waals surface area contributed by atoms with Crippen LogP contribution < -0.4 is 5.32 Å². The van der Waals surface area contributed by atoms with Crippen LogP contribution in [0.4, 0.5) is 4.79 Å². The summed E-state index contributed by atoms with van der Waals surface area (Å²) in [5.41, 5.74) is 0. The van der Waals surface area contributed by atoms with Crippen LogP contribution in [0.25, 0.3) is 0 Å². The number of likely N-dealkylation sites (tertiary alicyclic amines) is 1. The molecule has 124 valence electrons. The van der Waals surface area contributed by atoms with Crippen molar-refractivity contribution in [2.75, 3.05) is 19.6 Å². The molecule has 2 atom stereocenters. The van der Waals surface area contributed by atoms with Gasteiger partial charge in [-0.3, -0.25) is 0 Å². The normalized spacial score (nSPS) is 20.0. The van der Waals surface area contributed by atoms with Crippen molar-refractivity contribution in [3.05, 3.63) is 11.7 Å². The van der Waals surface area contributed by atoms with Crippen molar-refractivity contribution in [1.29, 1.82) is 0 Å². The van der Waals surface area contributed by atoms with Crippen LogP contribution in [-0.4, -0.2) is 40.7 Å². The number of carbonyl (C=O) groups excluding carboxylic acids is 1. The van der Waals surface area contributed by atoms with Crippen molar-refractivity contribution >= 4 is 6.03 Å². The number of piperidine rings is 1. The van der Waals surface area contributed by atoms with Crippen molar-refractivity contribution < 1.29 is 9.32 Å². The molecule has 0 aliphatic carbocycles. The molecule has 1 fully saturated rings. The van der Waals surface area contributed by atoms with E-state index in [1.54, 1.807) is 0 Å². The Morgan fingerprint density at radius 2 is 2.32 bits per heavy atom. The van der Waals surface area contributed by atoms with E-state index in [4.69, 9.17) is 4.52 Å². The molecule has 1 aliphatic rings. The molecule has 2 rings (SSSR count). The van der Waals surface area contributed by atoms with Crippen LogP contribution >= 0.6 is 0 Å². The Hall–Kier alpha value is -1.59. The Labute approximate surface area is 132 Å². The first-order valence-corrected chi connectivity index (χ1v) is 8.51. The fourth-order valence-corrected chi connectivity index (χ4v) is 2.64. The van der Waals surface area contributed by atoms with E-state index < -0.39 is 0 Å². The Kier molecular flexibility index (Phi) is 6.21. The first kappa shape index (κ1) is 16.8. The molecule has 0 radical (unpaired) electrons. The van der Waals surface area contributed by atoms with E-state index in [0.29, 0.717) is 18.4 Å². The van der Waals surface area contributed by atoms with Crippen LogP contribution in [0.15, 0.2) is 4.52 Å². The number of hydrogen-bond donors (Lipinski definition) is 1. The van der Waals surface area contributed by atoms with Crippen LogP contribution in [-0.2, 0) is 0 Å². The number of nitrogens with one attached hydrogen (secondary N) is 1. The lowest BCUT2D eigenvalue weighted by atomic mass is 9.98. The van der Waals surface area contributed by atoms with Gasteiger partial charge in [0.15, 0.2) is 5.82 Å². The summed E-state index contributed by atoms with van der Waals surface area (Å²) in [6, 6.07) is 0.0276. The second-order valence-electron chi connectivity index (χ2n) is 6.17. The second-order valence-corrected chi connectivity index (χ2v) is 6.17. The van der Waals surface area contributed by atoms with Gasteiger partial charge >= 0.3 is 6.03 Å². The summed E-state index contributed by atoms with van der Waals surface area (Å²) >= 11 is 0. The van der Waals surface area contributed by atoms with Gasteiger partial charge in [0.1, 0.15) is 0 Å². The average molecular weight is 308 g/mol. The molecule has 6 heteroatoms. The number of amides is 2. The van der Waals surface area contributed by atoms with Gasteiger partial charge in [-0.1, -0.05) is 32.3 Å². The van der Waals surface area contributed by atoms with Crippen LogP contribution in [0.2, 0.25) is 0 Å². The van der Waals surface area contributed by atoms with Crippen molar-refractivity contribution in [2.24, 2.45) is 0 Å². The molecule has 0 unspecified atom stereocenters. The van der Waals surface area contributed by atoms with Gasteiger partial charge in [-0.25, -0.2) is 4.79 Å². The summed E-state index contributed by atoms with van der Waals surface area (Å²) in [5.74, 6) is 1.94. The van der Waals surface area contributed by atoms with E-state index in [2.05, 4.69) is 36.2 Å². The highest BCUT2D eigenvalue weighted by atomic mass is 16.5. The smallest absolute Gasteiger partial charge is 0.317 e. The first-order valence-electron chi connectivity index (χ1n) is 8.51. The largest absolute Gasteiger partial charge is 0.339 e. The lowest BCUT2D eigenvalue weighted by Gasteiger charge is -2.31. The zero-order valence-corrected chi connectivity index (χ0v) is 14.0. The lowest BCUT2D eigenvalue weighted by molar-refractivity contribution is 0.172. The number of hydrogen-bond acceptors (Lipinski definition) is 4. The third-order valence-corrected chi connectivity index (χ3v) is 4.37. The predicted molar refractivity (Wildman–Crippen MR) is 84.9 cm³/mol. The van der Waals surface area contributed by atoms with Crippen LogP contribution in [0, 0.1) is 0 Å². The molecule has 2 amide bonds. The van der Waals surface area contributed by atoms with Crippen LogP contribution in [0.3, 0.4) is 0 Å². The van der Waals surface area contributed by atoms with Crippen molar-refractivity contribution in [3.8, 4) is 0 Å². The third-order valence-electron chi connectivity index (χ3n) is 4.37. The zero-order valence-electron chi connectivity index (χ0n) is 14.0. The van der Waals surface area contributed by atoms with Gasteiger partial charge in [-0.2, -0.15) is 4.98 Å². The highest BCUT2D eigenvalue weighted by molar-refractivity contribution is 5.74. The van der Waals surface area contributed by atoms with E-state index in [0.717, 1.165) is 51.0 Å². The van der Waals surface area contributed by atoms with Gasteiger partial charge in [0, 0.05) is 25.6 Å². The second kappa shape index (κ2) is 8.15. The Morgan fingerprint density at radius 1 is 1.50 bits per heavy atom. The summed E-state index contributed by atoms with van der Waals surface area (Å²) in [6.07, 6.45) is 5.08. The molecule has 22 heavy (non-hydrogen) atoms. The standard InChI is InChI=1S/C16H28N4O2/c1-4-6-9-17-16(21)20-10-7-8-13(11-20)15-18-14(19-22-15)12(3)5-2/h12-13H,4-11H2,1-3H3,(H,17,21)/t12-,13+/m0/s1. The van der Waals surface area contributed by atoms with E-state index in [1.165, 1.54) is 0 Å². The Balaban J connectivity index is 1.92. The molecule has 1 aromatic heterocycles. The van der Waals surface area contributed by atoms with Gasteiger partial charge in [0.25, 0.3) is 0 Å². The average Bonchev–Trinajstić information content (AvgIpc) is 3.04. The Morgan fingerprint density at radius 3 is 3.05 bits per heavy atom. The highest BCUT2D eigenvalue weighted by Gasteiger charge is 2.28. The number of unbranched alkanes of at least 4 members (excludes halogenated alkanes) is 1. The van der Waals surface area contributed by atoms with Gasteiger partial charge in [0.2, 0.25) is 5.89 Å². The number of rotatable bonds is 6. The molecule has 1 saturated heterocycles. The topological polar surface area (TPSA) is 71.3 Å². The summed E-state index contributed by atoms with van der Waals surface area (Å²) in [6.45, 7) is 8.55. The monoisotopic (exact) mass is 308 g/mol. The molecule has 0 spiro atoms. The fraction of sp³-hybridized carbons (Fsp3) is 0.812. The first-order chi connectivity index (χ1) is 10.7. The molecule has 0 aromatic carbocycles. The van der Waals surface area contributed by atoms with Crippen LogP contribution in [0.1, 0.15) is 76.4 Å². The summed E-state index contributed by atoms with van der Waals surface area (Å²) < 4.78 is 5.43. The number of nitrogens with zero attached hydrogens (tertiary/aromatic N) is 3. The maximum absolute atomic E-state index is 12.2. The van der Waals surface area contributed by atoms with E-state index >= 15 is 0 Å². The zero-order chi connectivity index (χ0) is 15.9. The number of carbonyl (C=O) groups is 1. The van der Waals surface area contributed by atoms with Gasteiger partial charge in [-0.05, 0) is 25.7 Å². The minimum Gasteiger partial charge on any atom is -0.339 e. The molecule has 6 nitrogen and oxygen atoms in total. The highest BCUT2D eigenvalue weighted by Crippen LogP contribution is 2.27. The molecule has 2 heterocycles. The number of urea groups is 1. The lowest BCUT2D eigenvalue weighted by Crippen LogP contribution is -2.45. The van der Waals surface area contributed by atoms with Gasteiger partial charge < -0.3 is 14.7 Å². The van der Waals surface area contributed by atoms with Gasteiger partial charge in [0.05, 0.1) is 5.92 Å². The molecule has 1 N–H and O–H groups in total. The minimum atomic E-state index is 0.0276. The summed E-state index contributed by atoms with van der Waals surface area (Å²) in [7, 11) is 0. The molecular formula is C16H28N4O2. The van der Waals surface area contributed by atoms with E-state index in [-0.39, 0.29) is 11.9 Å². The number of aromatic nitrogens is 2. The maximum atomic E-state index is 12.2. The molecule has 1 aliphatic heterocycles. The van der Waals surface area contributed by atoms with Crippen molar-refractivity contribution in [2.45, 2.75) is 64.7 Å². The maximum Gasteiger partial charge on any atom is 0.317 e. The Bertz CT molecular complexity index is 474. The third kappa shape index (κ3) is 4.21. The molecule has 0 bridgehead atoms. The van der Waals surface area contributed by atoms with Crippen LogP contribution in [0.5, 0.6) is 0 Å². The van der Waals surface area contributed by atoms with Crippen molar-refractivity contribution in [3.63, 3.8) is 0 Å². The van der Waals surface area contributed by atoms with Crippen molar-refractivity contribution in [1.82, 2.24) is 20.4 Å². The fourth-order valence-electron chi connectivity index (χ4n) is 2.64. The quantitative estimate of drug-likeness (QED) is 0.819. The predicted octanol–water partition coefficient (Wildman–Crippen LogP) is 3.27. The summed E-state index contributed by atoms with van der Waals surface area (Å²) in [4.78, 5) is 18.6. The molecular weight excluding hydrogens is 280 g/mol. The molecule has 0 saturated carbocycles. The van der Waals surface area contributed by atoms with E-state index in [1.807, 2.05) is 4.90 Å². The summed E-state index contributed by atoms with van der Waals surface area (Å²) in [5, 5.41) is 7.07. The van der Waals surface area contributed by atoms with E-state index in [9.17, 15) is 4.79 Å². The van der Waals surface area contributed by atoms with Gasteiger partial charge in [-0.15, -0.1) is 0 Å². The minimum absolute atomic E-state index is 0.0276. The molecule has 1 aromatic rings. The SMILES string of the molecule is CCCCNC(=O)N1CCC[C@@H](c2nc([C@@H](C)CC)no2)C1.